The average Bonchev–Trinajstić information content (AvgIpc) is 3.20. The average molecular weight is 545 g/mol. The molecular formula is C23H24IN5O3. The molecule has 0 spiro atoms. The number of hydrogen-bond acceptors (Lipinski definition) is 6. The zero-order chi connectivity index (χ0) is 22.7. The number of aryl methyl sites for hydroxylation is 1. The van der Waals surface area contributed by atoms with Gasteiger partial charge in [-0.1, -0.05) is 18.2 Å². The van der Waals surface area contributed by atoms with Gasteiger partial charge in [-0.25, -0.2) is 4.68 Å². The highest BCUT2D eigenvalue weighted by atomic mass is 127. The summed E-state index contributed by atoms with van der Waals surface area (Å²) in [6.45, 7) is 1.92. The molecule has 2 aromatic carbocycles. The number of para-hydroxylation sites is 1. The maximum Gasteiger partial charge on any atom is 0.255 e. The van der Waals surface area contributed by atoms with Gasteiger partial charge in [0.25, 0.3) is 5.91 Å². The first-order valence-electron chi connectivity index (χ1n) is 10.3. The number of ether oxygens (including phenoxy) is 1. The number of carbonyl (C=O) groups excluding carboxylic acids is 1. The number of amides is 1. The summed E-state index contributed by atoms with van der Waals surface area (Å²) in [5.41, 5.74) is 2.74. The van der Waals surface area contributed by atoms with Crippen LogP contribution in [0.2, 0.25) is 0 Å². The van der Waals surface area contributed by atoms with Crippen LogP contribution in [0, 0.1) is 3.57 Å². The highest BCUT2D eigenvalue weighted by Crippen LogP contribution is 2.39. The second-order valence-corrected chi connectivity index (χ2v) is 8.64. The van der Waals surface area contributed by atoms with Crippen LogP contribution in [0.4, 0.5) is 11.6 Å². The van der Waals surface area contributed by atoms with Crippen LogP contribution < -0.4 is 15.4 Å². The van der Waals surface area contributed by atoms with E-state index in [0.717, 1.165) is 9.13 Å². The summed E-state index contributed by atoms with van der Waals surface area (Å²) in [4.78, 5) is 18.1. The lowest BCUT2D eigenvalue weighted by atomic mass is 9.94. The molecule has 1 amide bonds. The van der Waals surface area contributed by atoms with E-state index in [4.69, 9.17) is 4.74 Å². The first-order chi connectivity index (χ1) is 15.5. The van der Waals surface area contributed by atoms with E-state index < -0.39 is 6.04 Å². The molecule has 2 heterocycles. The lowest BCUT2D eigenvalue weighted by molar-refractivity contribution is -0.113. The zero-order valence-corrected chi connectivity index (χ0v) is 20.0. The monoisotopic (exact) mass is 545 g/mol. The predicted octanol–water partition coefficient (Wildman–Crippen LogP) is 3.74. The van der Waals surface area contributed by atoms with E-state index in [0.29, 0.717) is 47.3 Å². The Morgan fingerprint density at radius 1 is 1.25 bits per heavy atom. The molecule has 1 aromatic heterocycles. The molecule has 0 fully saturated rings. The van der Waals surface area contributed by atoms with E-state index >= 15 is 0 Å². The number of aliphatic hydroxyl groups is 1. The molecule has 4 rings (SSSR count). The number of fused-ring (bicyclic) bond motifs is 1. The molecule has 0 bridgehead atoms. The van der Waals surface area contributed by atoms with Gasteiger partial charge in [-0.3, -0.25) is 4.79 Å². The Morgan fingerprint density at radius 3 is 2.72 bits per heavy atom. The van der Waals surface area contributed by atoms with Crippen LogP contribution in [0.15, 0.2) is 59.8 Å². The summed E-state index contributed by atoms with van der Waals surface area (Å²) in [6.07, 6.45) is 1.11. The molecule has 3 aromatic rings. The van der Waals surface area contributed by atoms with Crippen molar-refractivity contribution in [2.24, 2.45) is 0 Å². The molecule has 1 aliphatic heterocycles. The number of allylic oxidation sites excluding steroid dienone is 1. The lowest BCUT2D eigenvalue weighted by Gasteiger charge is -2.29. The Hall–Kier alpha value is -2.92. The molecule has 1 atom stereocenters. The third-order valence-corrected chi connectivity index (χ3v) is 5.95. The molecule has 1 unspecified atom stereocenters. The number of halogens is 1. The van der Waals surface area contributed by atoms with E-state index in [1.54, 1.807) is 11.8 Å². The zero-order valence-electron chi connectivity index (χ0n) is 17.8. The van der Waals surface area contributed by atoms with Crippen molar-refractivity contribution in [3.63, 3.8) is 0 Å². The normalized spacial score (nSPS) is 15.2. The van der Waals surface area contributed by atoms with Crippen molar-refractivity contribution in [1.29, 1.82) is 0 Å². The highest BCUT2D eigenvalue weighted by Gasteiger charge is 2.35. The van der Waals surface area contributed by atoms with E-state index in [1.807, 2.05) is 55.5 Å². The summed E-state index contributed by atoms with van der Waals surface area (Å²) >= 11 is 2.23. The van der Waals surface area contributed by atoms with Crippen LogP contribution in [0.3, 0.4) is 0 Å². The lowest BCUT2D eigenvalue weighted by Crippen LogP contribution is -2.31. The summed E-state index contributed by atoms with van der Waals surface area (Å²) in [7, 11) is 1.61. The van der Waals surface area contributed by atoms with E-state index in [1.165, 1.54) is 0 Å². The van der Waals surface area contributed by atoms with Gasteiger partial charge < -0.3 is 20.5 Å². The maximum absolute atomic E-state index is 13.5. The van der Waals surface area contributed by atoms with Gasteiger partial charge in [0.2, 0.25) is 5.95 Å². The van der Waals surface area contributed by atoms with E-state index in [2.05, 4.69) is 43.3 Å². The number of aromatic nitrogens is 3. The van der Waals surface area contributed by atoms with Gasteiger partial charge in [0.1, 0.15) is 11.8 Å². The molecule has 3 N–H and O–H groups in total. The van der Waals surface area contributed by atoms with Gasteiger partial charge in [-0.05, 0) is 66.3 Å². The Kier molecular flexibility index (Phi) is 6.75. The van der Waals surface area contributed by atoms with Crippen LogP contribution in [0.1, 0.15) is 30.8 Å². The summed E-state index contributed by atoms with van der Waals surface area (Å²) < 4.78 is 8.42. The third kappa shape index (κ3) is 4.49. The molecule has 8 nitrogen and oxygen atoms in total. The standard InChI is InChI=1S/C23H24IN5O3/c1-14-20(22(31)26-16-11-9-15(24)10-12-16)21(17-6-3-4-7-18(17)32-2)29-23(25-14)27-19(28-29)8-5-13-30/h3-4,6-7,9-12,21,30H,5,8,13H2,1-2H3,(H,26,31)(H,25,27,28). The van der Waals surface area contributed by atoms with Crippen molar-refractivity contribution in [2.45, 2.75) is 25.8 Å². The maximum atomic E-state index is 13.5. The number of nitrogens with one attached hydrogen (secondary N) is 2. The number of nitrogens with zero attached hydrogens (tertiary/aromatic N) is 3. The predicted molar refractivity (Wildman–Crippen MR) is 131 cm³/mol. The molecule has 32 heavy (non-hydrogen) atoms. The number of hydrogen-bond donors (Lipinski definition) is 3. The minimum atomic E-state index is -0.526. The van der Waals surface area contributed by atoms with Gasteiger partial charge >= 0.3 is 0 Å². The number of methoxy groups -OCH3 is 1. The van der Waals surface area contributed by atoms with Gasteiger partial charge in [0.05, 0.1) is 12.7 Å². The second kappa shape index (κ2) is 9.70. The fourth-order valence-corrected chi connectivity index (χ4v) is 4.10. The molecular weight excluding hydrogens is 521 g/mol. The number of carbonyl (C=O) groups is 1. The first-order valence-corrected chi connectivity index (χ1v) is 11.3. The molecule has 0 saturated carbocycles. The second-order valence-electron chi connectivity index (χ2n) is 7.39. The number of benzene rings is 2. The topological polar surface area (TPSA) is 101 Å². The SMILES string of the molecule is COc1ccccc1C1C(C(=O)Nc2ccc(I)cc2)=C(C)Nc2nc(CCCO)nn21. The third-order valence-electron chi connectivity index (χ3n) is 5.24. The Morgan fingerprint density at radius 2 is 2.00 bits per heavy atom. The van der Waals surface area contributed by atoms with Crippen LogP contribution >= 0.6 is 22.6 Å². The fraction of sp³-hybridized carbons (Fsp3) is 0.261. The minimum Gasteiger partial charge on any atom is -0.496 e. The van der Waals surface area contributed by atoms with Gasteiger partial charge in [0.15, 0.2) is 5.82 Å². The smallest absolute Gasteiger partial charge is 0.255 e. The van der Waals surface area contributed by atoms with Crippen molar-refractivity contribution < 1.29 is 14.6 Å². The first kappa shape index (κ1) is 22.3. The van der Waals surface area contributed by atoms with Crippen molar-refractivity contribution in [1.82, 2.24) is 14.8 Å². The van der Waals surface area contributed by atoms with Gasteiger partial charge in [-0.15, -0.1) is 0 Å². The number of anilines is 2. The minimum absolute atomic E-state index is 0.0637. The van der Waals surface area contributed by atoms with E-state index in [9.17, 15) is 9.90 Å². The van der Waals surface area contributed by atoms with Crippen molar-refractivity contribution >= 4 is 40.1 Å². The number of aliphatic hydroxyl groups excluding tert-OH is 1. The Balaban J connectivity index is 1.78. The van der Waals surface area contributed by atoms with Gasteiger partial charge in [0, 0.05) is 33.5 Å². The van der Waals surface area contributed by atoms with Crippen molar-refractivity contribution in [2.75, 3.05) is 24.4 Å². The largest absolute Gasteiger partial charge is 0.496 e. The summed E-state index contributed by atoms with van der Waals surface area (Å²) in [5, 5.41) is 20.1. The van der Waals surface area contributed by atoms with E-state index in [-0.39, 0.29) is 12.5 Å². The van der Waals surface area contributed by atoms with Gasteiger partial charge in [-0.2, -0.15) is 10.1 Å². The highest BCUT2D eigenvalue weighted by molar-refractivity contribution is 14.1. The molecule has 0 radical (unpaired) electrons. The Bertz CT molecular complexity index is 1160. The van der Waals surface area contributed by atoms with Crippen LogP contribution in [0.25, 0.3) is 0 Å². The van der Waals surface area contributed by atoms with Crippen molar-refractivity contribution in [3.05, 3.63) is 74.8 Å². The van der Waals surface area contributed by atoms with Crippen LogP contribution in [-0.4, -0.2) is 39.5 Å². The number of rotatable bonds is 7. The van der Waals surface area contributed by atoms with Crippen molar-refractivity contribution in [3.8, 4) is 5.75 Å². The molecule has 166 valence electrons. The molecule has 0 saturated heterocycles. The summed E-state index contributed by atoms with van der Waals surface area (Å²) in [5.74, 6) is 1.58. The Labute approximate surface area is 199 Å². The quantitative estimate of drug-likeness (QED) is 0.391. The van der Waals surface area contributed by atoms with Crippen LogP contribution in [0.5, 0.6) is 5.75 Å². The molecule has 1 aliphatic rings. The summed E-state index contributed by atoms with van der Waals surface area (Å²) in [6, 6.07) is 14.7. The van der Waals surface area contributed by atoms with Crippen LogP contribution in [-0.2, 0) is 11.2 Å². The molecule has 9 heteroatoms. The molecule has 0 aliphatic carbocycles. The fourth-order valence-electron chi connectivity index (χ4n) is 3.74.